The molecule has 1 rings (SSSR count). The number of nitrogens with two attached hydrogens (primary N) is 1. The highest BCUT2D eigenvalue weighted by atomic mass is 19.4. The summed E-state index contributed by atoms with van der Waals surface area (Å²) in [6.07, 6.45) is -4.65. The monoisotopic (exact) mass is 282 g/mol. The van der Waals surface area contributed by atoms with Gasteiger partial charge in [-0.05, 0) is 19.1 Å². The third kappa shape index (κ3) is 3.55. The molecule has 0 aromatic heterocycles. The summed E-state index contributed by atoms with van der Waals surface area (Å²) in [5.74, 6) is -4.00. The summed E-state index contributed by atoms with van der Waals surface area (Å²) in [6, 6.07) is 1.62. The van der Waals surface area contributed by atoms with Crippen LogP contribution >= 0.6 is 0 Å². The summed E-state index contributed by atoms with van der Waals surface area (Å²) >= 11 is 0. The first-order valence-corrected chi connectivity index (χ1v) is 5.27. The van der Waals surface area contributed by atoms with Gasteiger partial charge in [0.15, 0.2) is 5.82 Å². The lowest BCUT2D eigenvalue weighted by atomic mass is 10.1. The summed E-state index contributed by atoms with van der Waals surface area (Å²) < 4.78 is 63.7. The maximum Gasteiger partial charge on any atom is 0.406 e. The molecule has 3 nitrogen and oxygen atoms in total. The van der Waals surface area contributed by atoms with Gasteiger partial charge in [0.05, 0.1) is 5.69 Å². The van der Waals surface area contributed by atoms with Gasteiger partial charge in [-0.2, -0.15) is 13.2 Å². The number of benzene rings is 1. The van der Waals surface area contributed by atoms with E-state index in [1.54, 1.807) is 0 Å². The van der Waals surface area contributed by atoms with Crippen molar-refractivity contribution in [2.24, 2.45) is 0 Å². The summed E-state index contributed by atoms with van der Waals surface area (Å²) in [7, 11) is 0. The van der Waals surface area contributed by atoms with Crippen molar-refractivity contribution in [3.8, 4) is 0 Å². The van der Waals surface area contributed by atoms with Gasteiger partial charge in [-0.3, -0.25) is 4.79 Å². The lowest BCUT2D eigenvalue weighted by Gasteiger charge is -2.22. The van der Waals surface area contributed by atoms with E-state index in [-0.39, 0.29) is 6.54 Å². The minimum Gasteiger partial charge on any atom is -0.396 e. The van der Waals surface area contributed by atoms with E-state index in [4.69, 9.17) is 5.73 Å². The molecule has 0 fully saturated rings. The van der Waals surface area contributed by atoms with Gasteiger partial charge in [0.1, 0.15) is 17.9 Å². The molecular weight excluding hydrogens is 271 g/mol. The lowest BCUT2D eigenvalue weighted by Crippen LogP contribution is -2.39. The number of carbonyl (C=O) groups excluding carboxylic acids is 1. The average molecular weight is 282 g/mol. The Morgan fingerprint density at radius 3 is 2.37 bits per heavy atom. The molecule has 0 spiro atoms. The zero-order chi connectivity index (χ0) is 14.8. The number of hydrogen-bond acceptors (Lipinski definition) is 2. The van der Waals surface area contributed by atoms with Crippen LogP contribution in [0.15, 0.2) is 12.1 Å². The largest absolute Gasteiger partial charge is 0.406 e. The number of anilines is 1. The van der Waals surface area contributed by atoms with Crippen LogP contribution < -0.4 is 5.73 Å². The smallest absolute Gasteiger partial charge is 0.396 e. The third-order valence-electron chi connectivity index (χ3n) is 2.37. The minimum absolute atomic E-state index is 0.293. The van der Waals surface area contributed by atoms with Crippen LogP contribution in [0.5, 0.6) is 0 Å². The zero-order valence-corrected chi connectivity index (χ0v) is 9.89. The normalized spacial score (nSPS) is 11.5. The Bertz CT molecular complexity index is 487. The highest BCUT2D eigenvalue weighted by molar-refractivity contribution is 5.95. The van der Waals surface area contributed by atoms with Gasteiger partial charge >= 0.3 is 6.18 Å². The number of nitrogen functional groups attached to an aromatic ring is 1. The summed E-state index contributed by atoms with van der Waals surface area (Å²) in [6.45, 7) is -0.659. The number of halogens is 5. The van der Waals surface area contributed by atoms with Crippen molar-refractivity contribution >= 4 is 11.6 Å². The van der Waals surface area contributed by atoms with Gasteiger partial charge in [0.2, 0.25) is 0 Å². The topological polar surface area (TPSA) is 46.3 Å². The van der Waals surface area contributed by atoms with Gasteiger partial charge in [-0.25, -0.2) is 8.78 Å². The molecule has 1 amide bonds. The quantitative estimate of drug-likeness (QED) is 0.684. The maximum atomic E-state index is 13.5. The van der Waals surface area contributed by atoms with Crippen molar-refractivity contribution in [1.82, 2.24) is 4.90 Å². The first-order chi connectivity index (χ1) is 8.67. The molecule has 8 heteroatoms. The van der Waals surface area contributed by atoms with Crippen molar-refractivity contribution in [1.29, 1.82) is 0 Å². The Morgan fingerprint density at radius 1 is 1.32 bits per heavy atom. The third-order valence-corrected chi connectivity index (χ3v) is 2.37. The zero-order valence-electron chi connectivity index (χ0n) is 9.89. The molecule has 1 aromatic carbocycles. The fourth-order valence-corrected chi connectivity index (χ4v) is 1.47. The summed E-state index contributed by atoms with van der Waals surface area (Å²) in [4.78, 5) is 12.0. The first kappa shape index (κ1) is 15.2. The Balaban J connectivity index is 3.15. The molecule has 106 valence electrons. The Hall–Kier alpha value is -1.86. The van der Waals surface area contributed by atoms with Gasteiger partial charge in [-0.1, -0.05) is 0 Å². The molecule has 0 aliphatic heterocycles. The summed E-state index contributed by atoms with van der Waals surface area (Å²) in [5.41, 5.74) is 3.58. The number of carbonyl (C=O) groups is 1. The molecule has 19 heavy (non-hydrogen) atoms. The van der Waals surface area contributed by atoms with Crippen LogP contribution in [0.25, 0.3) is 0 Å². The molecule has 0 saturated carbocycles. The molecule has 2 N–H and O–H groups in total. The second-order valence-corrected chi connectivity index (χ2v) is 3.76. The Kier molecular flexibility index (Phi) is 4.33. The van der Waals surface area contributed by atoms with Crippen LogP contribution in [-0.2, 0) is 0 Å². The van der Waals surface area contributed by atoms with Crippen molar-refractivity contribution < 1.29 is 26.7 Å². The van der Waals surface area contributed by atoms with Gasteiger partial charge in [-0.15, -0.1) is 0 Å². The van der Waals surface area contributed by atoms with E-state index in [0.717, 1.165) is 12.1 Å². The molecule has 0 aliphatic carbocycles. The van der Waals surface area contributed by atoms with E-state index in [1.807, 2.05) is 0 Å². The fourth-order valence-electron chi connectivity index (χ4n) is 1.47. The van der Waals surface area contributed by atoms with Crippen LogP contribution in [0.3, 0.4) is 0 Å². The van der Waals surface area contributed by atoms with Crippen molar-refractivity contribution in [3.63, 3.8) is 0 Å². The second-order valence-electron chi connectivity index (χ2n) is 3.76. The van der Waals surface area contributed by atoms with E-state index < -0.39 is 41.5 Å². The second kappa shape index (κ2) is 5.41. The van der Waals surface area contributed by atoms with E-state index in [1.165, 1.54) is 6.92 Å². The standard InChI is InChI=1S/C11H11F5N2O/c1-2-18(5-11(14,15)16)10(19)8-6(12)3-4-7(17)9(8)13/h3-4H,2,5,17H2,1H3. The first-order valence-electron chi connectivity index (χ1n) is 5.27. The molecule has 0 radical (unpaired) electrons. The number of amides is 1. The molecule has 0 unspecified atom stereocenters. The number of rotatable bonds is 3. The molecule has 0 saturated heterocycles. The van der Waals surface area contributed by atoms with Crippen LogP contribution in [0.2, 0.25) is 0 Å². The maximum absolute atomic E-state index is 13.5. The Labute approximate surface area is 105 Å². The van der Waals surface area contributed by atoms with E-state index in [9.17, 15) is 26.7 Å². The number of hydrogen-bond donors (Lipinski definition) is 1. The average Bonchev–Trinajstić information content (AvgIpc) is 2.30. The van der Waals surface area contributed by atoms with Crippen LogP contribution in [0.1, 0.15) is 17.3 Å². The van der Waals surface area contributed by atoms with E-state index in [0.29, 0.717) is 4.90 Å². The molecule has 0 atom stereocenters. The highest BCUT2D eigenvalue weighted by Gasteiger charge is 2.34. The van der Waals surface area contributed by atoms with Crippen LogP contribution in [0.4, 0.5) is 27.6 Å². The Morgan fingerprint density at radius 2 is 1.89 bits per heavy atom. The van der Waals surface area contributed by atoms with E-state index >= 15 is 0 Å². The van der Waals surface area contributed by atoms with Gasteiger partial charge < -0.3 is 10.6 Å². The SMILES string of the molecule is CCN(CC(F)(F)F)C(=O)c1c(F)ccc(N)c1F. The highest BCUT2D eigenvalue weighted by Crippen LogP contribution is 2.23. The predicted molar refractivity (Wildman–Crippen MR) is 58.4 cm³/mol. The number of nitrogens with zero attached hydrogens (tertiary/aromatic N) is 1. The van der Waals surface area contributed by atoms with Gasteiger partial charge in [0.25, 0.3) is 5.91 Å². The van der Waals surface area contributed by atoms with Crippen molar-refractivity contribution in [3.05, 3.63) is 29.3 Å². The molecule has 0 bridgehead atoms. The molecule has 0 heterocycles. The molecular formula is C11H11F5N2O. The summed E-state index contributed by atoms with van der Waals surface area (Å²) in [5, 5.41) is 0. The van der Waals surface area contributed by atoms with Gasteiger partial charge in [0, 0.05) is 6.54 Å². The van der Waals surface area contributed by atoms with E-state index in [2.05, 4.69) is 0 Å². The van der Waals surface area contributed by atoms with Crippen LogP contribution in [-0.4, -0.2) is 30.1 Å². The van der Waals surface area contributed by atoms with Crippen molar-refractivity contribution in [2.75, 3.05) is 18.8 Å². The lowest BCUT2D eigenvalue weighted by molar-refractivity contribution is -0.140. The predicted octanol–water partition coefficient (Wildman–Crippen LogP) is 2.57. The molecule has 0 aliphatic rings. The minimum atomic E-state index is -4.65. The molecule has 1 aromatic rings. The number of alkyl halides is 3. The van der Waals surface area contributed by atoms with Crippen molar-refractivity contribution in [2.45, 2.75) is 13.1 Å². The fraction of sp³-hybridized carbons (Fsp3) is 0.364. The van der Waals surface area contributed by atoms with Crippen LogP contribution in [0, 0.1) is 11.6 Å².